The van der Waals surface area contributed by atoms with E-state index in [0.29, 0.717) is 11.6 Å². The second-order valence-corrected chi connectivity index (χ2v) is 4.14. The van der Waals surface area contributed by atoms with Crippen molar-refractivity contribution in [2.24, 2.45) is 0 Å². The van der Waals surface area contributed by atoms with Crippen LogP contribution in [0.3, 0.4) is 0 Å². The third-order valence-corrected chi connectivity index (χ3v) is 2.66. The molecule has 1 N–H and O–H groups in total. The molecule has 1 unspecified atom stereocenters. The van der Waals surface area contributed by atoms with Gasteiger partial charge in [0.25, 0.3) is 0 Å². The van der Waals surface area contributed by atoms with Gasteiger partial charge in [-0.25, -0.2) is 0 Å². The molecule has 0 radical (unpaired) electrons. The first-order valence-corrected chi connectivity index (χ1v) is 5.72. The van der Waals surface area contributed by atoms with E-state index >= 15 is 0 Å². The van der Waals surface area contributed by atoms with Gasteiger partial charge in [-0.15, -0.1) is 0 Å². The Hall–Kier alpha value is -1.35. The van der Waals surface area contributed by atoms with E-state index in [1.54, 1.807) is 12.1 Å². The molecule has 0 spiro atoms. The summed E-state index contributed by atoms with van der Waals surface area (Å²) in [7, 11) is 0. The van der Waals surface area contributed by atoms with Gasteiger partial charge in [-0.1, -0.05) is 54.1 Å². The molecular weight excluding hydrogens is 236 g/mol. The topological polar surface area (TPSA) is 29.5 Å². The van der Waals surface area contributed by atoms with Gasteiger partial charge in [0.05, 0.1) is 6.61 Å². The smallest absolute Gasteiger partial charge is 0.181 e. The highest BCUT2D eigenvalue weighted by molar-refractivity contribution is 6.30. The highest BCUT2D eigenvalue weighted by atomic mass is 35.5. The van der Waals surface area contributed by atoms with Crippen molar-refractivity contribution >= 4 is 11.6 Å². The molecule has 2 aromatic carbocycles. The Bertz CT molecular complexity index is 453. The molecule has 0 bridgehead atoms. The van der Waals surface area contributed by atoms with Gasteiger partial charge < -0.3 is 9.84 Å². The molecule has 0 aromatic heterocycles. The minimum atomic E-state index is -0.896. The third-order valence-electron chi connectivity index (χ3n) is 2.41. The fraction of sp³-hybridized carbons (Fsp3) is 0.143. The van der Waals surface area contributed by atoms with Crippen molar-refractivity contribution < 1.29 is 9.84 Å². The minimum absolute atomic E-state index is 0.354. The van der Waals surface area contributed by atoms with E-state index in [0.717, 1.165) is 11.1 Å². The van der Waals surface area contributed by atoms with Crippen LogP contribution in [0.5, 0.6) is 0 Å². The summed E-state index contributed by atoms with van der Waals surface area (Å²) < 4.78 is 5.37. The lowest BCUT2D eigenvalue weighted by Crippen LogP contribution is -2.03. The maximum absolute atomic E-state index is 9.79. The van der Waals surface area contributed by atoms with Crippen LogP contribution in [0, 0.1) is 0 Å². The van der Waals surface area contributed by atoms with Crippen LogP contribution in [-0.2, 0) is 11.3 Å². The Balaban J connectivity index is 1.92. The lowest BCUT2D eigenvalue weighted by atomic mass is 10.2. The van der Waals surface area contributed by atoms with Gasteiger partial charge in [-0.2, -0.15) is 0 Å². The van der Waals surface area contributed by atoms with E-state index in [9.17, 15) is 5.11 Å². The highest BCUT2D eigenvalue weighted by Gasteiger charge is 2.06. The summed E-state index contributed by atoms with van der Waals surface area (Å²) in [6, 6.07) is 16.6. The van der Waals surface area contributed by atoms with Crippen LogP contribution in [0.25, 0.3) is 0 Å². The first kappa shape index (κ1) is 12.1. The maximum Gasteiger partial charge on any atom is 0.181 e. The zero-order valence-electron chi connectivity index (χ0n) is 9.21. The monoisotopic (exact) mass is 248 g/mol. The Kier molecular flexibility index (Phi) is 4.15. The Morgan fingerprint density at radius 2 is 1.65 bits per heavy atom. The molecule has 0 saturated carbocycles. The molecule has 3 heteroatoms. The van der Waals surface area contributed by atoms with Crippen molar-refractivity contribution in [3.8, 4) is 0 Å². The predicted molar refractivity (Wildman–Crippen MR) is 67.6 cm³/mol. The van der Waals surface area contributed by atoms with Crippen molar-refractivity contribution in [3.63, 3.8) is 0 Å². The molecular formula is C14H13ClO2. The average Bonchev–Trinajstić information content (AvgIpc) is 2.39. The molecule has 2 rings (SSSR count). The van der Waals surface area contributed by atoms with Crippen LogP contribution >= 0.6 is 11.6 Å². The van der Waals surface area contributed by atoms with Crippen LogP contribution in [0.2, 0.25) is 5.02 Å². The third kappa shape index (κ3) is 3.56. The molecule has 2 aromatic rings. The summed E-state index contributed by atoms with van der Waals surface area (Å²) in [5.74, 6) is 0. The first-order chi connectivity index (χ1) is 8.25. The van der Waals surface area contributed by atoms with Gasteiger partial charge in [0, 0.05) is 10.6 Å². The summed E-state index contributed by atoms with van der Waals surface area (Å²) in [5, 5.41) is 10.5. The maximum atomic E-state index is 9.79. The van der Waals surface area contributed by atoms with E-state index in [4.69, 9.17) is 16.3 Å². The number of hydrogen-bond acceptors (Lipinski definition) is 2. The predicted octanol–water partition coefficient (Wildman–Crippen LogP) is 3.55. The van der Waals surface area contributed by atoms with E-state index in [1.807, 2.05) is 42.5 Å². The van der Waals surface area contributed by atoms with Crippen molar-refractivity contribution in [2.45, 2.75) is 12.9 Å². The lowest BCUT2D eigenvalue weighted by molar-refractivity contribution is -0.111. The van der Waals surface area contributed by atoms with Gasteiger partial charge >= 0.3 is 0 Å². The molecule has 0 aliphatic heterocycles. The zero-order valence-corrected chi connectivity index (χ0v) is 9.97. The second kappa shape index (κ2) is 5.82. The van der Waals surface area contributed by atoms with Gasteiger partial charge in [0.2, 0.25) is 0 Å². The van der Waals surface area contributed by atoms with Crippen molar-refractivity contribution in [3.05, 3.63) is 70.7 Å². The molecule has 88 valence electrons. The van der Waals surface area contributed by atoms with Crippen LogP contribution in [0.15, 0.2) is 54.6 Å². The van der Waals surface area contributed by atoms with Crippen LogP contribution in [0.4, 0.5) is 0 Å². The average molecular weight is 249 g/mol. The highest BCUT2D eigenvalue weighted by Crippen LogP contribution is 2.16. The van der Waals surface area contributed by atoms with Gasteiger partial charge in [-0.05, 0) is 17.7 Å². The molecule has 0 saturated heterocycles. The molecule has 0 heterocycles. The summed E-state index contributed by atoms with van der Waals surface area (Å²) >= 11 is 5.78. The molecule has 0 aliphatic carbocycles. The number of aliphatic hydroxyl groups excluding tert-OH is 1. The van der Waals surface area contributed by atoms with E-state index in [2.05, 4.69) is 0 Å². The Labute approximate surface area is 105 Å². The van der Waals surface area contributed by atoms with E-state index < -0.39 is 6.29 Å². The fourth-order valence-electron chi connectivity index (χ4n) is 1.47. The van der Waals surface area contributed by atoms with Crippen molar-refractivity contribution in [1.29, 1.82) is 0 Å². The summed E-state index contributed by atoms with van der Waals surface area (Å²) in [5.41, 5.74) is 1.73. The van der Waals surface area contributed by atoms with Crippen LogP contribution in [0.1, 0.15) is 17.4 Å². The fourth-order valence-corrected chi connectivity index (χ4v) is 1.60. The quantitative estimate of drug-likeness (QED) is 0.839. The molecule has 2 nitrogen and oxygen atoms in total. The standard InChI is InChI=1S/C14H13ClO2/c15-13-8-6-11(7-9-13)10-17-14(16)12-4-2-1-3-5-12/h1-9,14,16H,10H2. The van der Waals surface area contributed by atoms with Gasteiger partial charge in [0.1, 0.15) is 0 Å². The summed E-state index contributed by atoms with van der Waals surface area (Å²) in [6.45, 7) is 0.354. The number of ether oxygens (including phenoxy) is 1. The largest absolute Gasteiger partial charge is 0.364 e. The first-order valence-electron chi connectivity index (χ1n) is 5.35. The normalized spacial score (nSPS) is 12.4. The van der Waals surface area contributed by atoms with E-state index in [1.165, 1.54) is 0 Å². The van der Waals surface area contributed by atoms with Crippen molar-refractivity contribution in [2.75, 3.05) is 0 Å². The molecule has 0 aliphatic rings. The Morgan fingerprint density at radius 3 is 2.29 bits per heavy atom. The molecule has 1 atom stereocenters. The number of halogens is 1. The van der Waals surface area contributed by atoms with Crippen LogP contribution in [-0.4, -0.2) is 5.11 Å². The molecule has 0 amide bonds. The van der Waals surface area contributed by atoms with Crippen molar-refractivity contribution in [1.82, 2.24) is 0 Å². The number of rotatable bonds is 4. The number of benzene rings is 2. The minimum Gasteiger partial charge on any atom is -0.364 e. The lowest BCUT2D eigenvalue weighted by Gasteiger charge is -2.12. The van der Waals surface area contributed by atoms with Crippen LogP contribution < -0.4 is 0 Å². The SMILES string of the molecule is OC(OCc1ccc(Cl)cc1)c1ccccc1. The molecule has 17 heavy (non-hydrogen) atoms. The molecule has 0 fully saturated rings. The van der Waals surface area contributed by atoms with Gasteiger partial charge in [0.15, 0.2) is 6.29 Å². The summed E-state index contributed by atoms with van der Waals surface area (Å²) in [4.78, 5) is 0. The number of aliphatic hydroxyl groups is 1. The van der Waals surface area contributed by atoms with Gasteiger partial charge in [-0.3, -0.25) is 0 Å². The second-order valence-electron chi connectivity index (χ2n) is 3.70. The van der Waals surface area contributed by atoms with E-state index in [-0.39, 0.29) is 0 Å². The summed E-state index contributed by atoms with van der Waals surface area (Å²) in [6.07, 6.45) is -0.896. The Morgan fingerprint density at radius 1 is 1.00 bits per heavy atom. The zero-order chi connectivity index (χ0) is 12.1. The number of hydrogen-bond donors (Lipinski definition) is 1.